The van der Waals surface area contributed by atoms with Gasteiger partial charge in [0.25, 0.3) is 5.19 Å². The van der Waals surface area contributed by atoms with Gasteiger partial charge in [0.2, 0.25) is 10.9 Å². The number of aryl methyl sites for hydroxylation is 1. The fourth-order valence-corrected chi connectivity index (χ4v) is 5.94. The maximum absolute atomic E-state index is 11.7. The van der Waals surface area contributed by atoms with Crippen molar-refractivity contribution in [2.45, 2.75) is 50.5 Å². The van der Waals surface area contributed by atoms with Gasteiger partial charge in [-0.1, -0.05) is 25.5 Å². The molecule has 0 amide bonds. The van der Waals surface area contributed by atoms with E-state index < -0.39 is 9.84 Å². The first kappa shape index (κ1) is 24.6. The maximum Gasteiger partial charge on any atom is 0.294 e. The Morgan fingerprint density at radius 2 is 1.83 bits per heavy atom. The summed E-state index contributed by atoms with van der Waals surface area (Å²) in [5.41, 5.74) is 2.77. The number of nitrogens with zero attached hydrogens (tertiary/aromatic N) is 6. The number of benzene rings is 1. The molecule has 1 aliphatic rings. The zero-order valence-electron chi connectivity index (χ0n) is 20.7. The van der Waals surface area contributed by atoms with Crippen LogP contribution < -0.4 is 9.64 Å². The molecule has 0 saturated carbocycles. The highest BCUT2D eigenvalue weighted by atomic mass is 32.2. The van der Waals surface area contributed by atoms with Gasteiger partial charge in [0.05, 0.1) is 16.8 Å². The Bertz CT molecular complexity index is 1390. The van der Waals surface area contributed by atoms with Crippen LogP contribution in [0.3, 0.4) is 0 Å². The fraction of sp³-hybridized carbons (Fsp3) is 0.440. The molecule has 0 aliphatic carbocycles. The number of fused-ring (bicyclic) bond motifs is 1. The van der Waals surface area contributed by atoms with Gasteiger partial charge in [-0.15, -0.1) is 5.10 Å². The SMILES string of the molecule is CCCc1cnc(N2CCC([C@H](C)Oc3nn4cc(-c5ccc(S(C)(=O)=O)cc5)nc4s3)CC2)nc1. The summed E-state index contributed by atoms with van der Waals surface area (Å²) in [6.45, 7) is 6.09. The topological polar surface area (TPSA) is 103 Å². The van der Waals surface area contributed by atoms with Crippen molar-refractivity contribution >= 4 is 32.1 Å². The first-order valence-electron chi connectivity index (χ1n) is 12.2. The van der Waals surface area contributed by atoms with Gasteiger partial charge in [0, 0.05) is 37.3 Å². The number of piperidine rings is 1. The highest BCUT2D eigenvalue weighted by Gasteiger charge is 2.27. The predicted molar refractivity (Wildman–Crippen MR) is 140 cm³/mol. The number of hydrogen-bond donors (Lipinski definition) is 0. The molecule has 190 valence electrons. The van der Waals surface area contributed by atoms with Gasteiger partial charge in [0.1, 0.15) is 6.10 Å². The minimum atomic E-state index is -3.22. The molecular weight excluding hydrogens is 496 g/mol. The Labute approximate surface area is 215 Å². The Morgan fingerprint density at radius 3 is 2.44 bits per heavy atom. The van der Waals surface area contributed by atoms with E-state index in [0.29, 0.717) is 16.0 Å². The summed E-state index contributed by atoms with van der Waals surface area (Å²) < 4.78 is 31.3. The third kappa shape index (κ3) is 5.36. The molecule has 0 unspecified atom stereocenters. The minimum absolute atomic E-state index is 0.0406. The zero-order chi connectivity index (χ0) is 25.3. The fourth-order valence-electron chi connectivity index (χ4n) is 4.49. The van der Waals surface area contributed by atoms with E-state index in [-0.39, 0.29) is 6.10 Å². The number of ether oxygens (including phenoxy) is 1. The highest BCUT2D eigenvalue weighted by molar-refractivity contribution is 7.90. The van der Waals surface area contributed by atoms with Crippen LogP contribution >= 0.6 is 11.3 Å². The third-order valence-corrected chi connectivity index (χ3v) is 8.55. The van der Waals surface area contributed by atoms with Gasteiger partial charge in [-0.2, -0.15) is 0 Å². The van der Waals surface area contributed by atoms with Crippen LogP contribution in [0.25, 0.3) is 16.2 Å². The van der Waals surface area contributed by atoms with Crippen molar-refractivity contribution in [2.75, 3.05) is 24.2 Å². The van der Waals surface area contributed by atoms with E-state index in [9.17, 15) is 8.42 Å². The molecule has 36 heavy (non-hydrogen) atoms. The average Bonchev–Trinajstić information content (AvgIpc) is 3.43. The molecule has 4 aromatic rings. The van der Waals surface area contributed by atoms with Gasteiger partial charge in [0.15, 0.2) is 9.84 Å². The minimum Gasteiger partial charge on any atom is -0.466 e. The van der Waals surface area contributed by atoms with Crippen molar-refractivity contribution in [3.8, 4) is 16.5 Å². The molecule has 0 bridgehead atoms. The molecule has 1 atom stereocenters. The van der Waals surface area contributed by atoms with Crippen molar-refractivity contribution in [3.63, 3.8) is 0 Å². The molecule has 0 radical (unpaired) electrons. The second kappa shape index (κ2) is 10.1. The lowest BCUT2D eigenvalue weighted by atomic mass is 9.92. The predicted octanol–water partition coefficient (Wildman–Crippen LogP) is 4.29. The zero-order valence-corrected chi connectivity index (χ0v) is 22.3. The highest BCUT2D eigenvalue weighted by Crippen LogP contribution is 2.30. The van der Waals surface area contributed by atoms with E-state index in [1.54, 1.807) is 28.8 Å². The molecule has 3 aromatic heterocycles. The molecule has 1 aromatic carbocycles. The molecule has 9 nitrogen and oxygen atoms in total. The van der Waals surface area contributed by atoms with Crippen LogP contribution in [0.15, 0.2) is 47.8 Å². The van der Waals surface area contributed by atoms with Crippen LogP contribution in [0.5, 0.6) is 5.19 Å². The van der Waals surface area contributed by atoms with Crippen LogP contribution in [-0.4, -0.2) is 58.4 Å². The molecule has 1 fully saturated rings. The molecule has 1 aliphatic heterocycles. The summed E-state index contributed by atoms with van der Waals surface area (Å²) in [5.74, 6) is 1.24. The Hall–Kier alpha value is -3.05. The summed E-state index contributed by atoms with van der Waals surface area (Å²) >= 11 is 1.41. The van der Waals surface area contributed by atoms with E-state index in [1.807, 2.05) is 18.6 Å². The number of hydrogen-bond acceptors (Lipinski definition) is 9. The second-order valence-corrected chi connectivity index (χ2v) is 12.2. The quantitative estimate of drug-likeness (QED) is 0.335. The molecule has 4 heterocycles. The smallest absolute Gasteiger partial charge is 0.294 e. The second-order valence-electron chi connectivity index (χ2n) is 9.31. The van der Waals surface area contributed by atoms with Crippen molar-refractivity contribution in [1.82, 2.24) is 24.6 Å². The monoisotopic (exact) mass is 526 g/mol. The number of aromatic nitrogens is 5. The summed E-state index contributed by atoms with van der Waals surface area (Å²) in [4.78, 5) is 17.0. The van der Waals surface area contributed by atoms with E-state index in [2.05, 4.69) is 38.8 Å². The Morgan fingerprint density at radius 1 is 1.14 bits per heavy atom. The molecule has 0 N–H and O–H groups in total. The van der Waals surface area contributed by atoms with Crippen LogP contribution in [0.1, 0.15) is 38.7 Å². The number of anilines is 1. The lowest BCUT2D eigenvalue weighted by Crippen LogP contribution is -2.39. The van der Waals surface area contributed by atoms with Gasteiger partial charge in [-0.05, 0) is 61.1 Å². The summed E-state index contributed by atoms with van der Waals surface area (Å²) in [7, 11) is -3.22. The first-order chi connectivity index (χ1) is 17.3. The number of imidazole rings is 1. The van der Waals surface area contributed by atoms with E-state index in [1.165, 1.54) is 23.2 Å². The van der Waals surface area contributed by atoms with Crippen molar-refractivity contribution in [3.05, 3.63) is 48.4 Å². The summed E-state index contributed by atoms with van der Waals surface area (Å²) in [6, 6.07) is 6.72. The van der Waals surface area contributed by atoms with Crippen LogP contribution in [0.4, 0.5) is 5.95 Å². The van der Waals surface area contributed by atoms with Crippen LogP contribution in [0, 0.1) is 5.92 Å². The standard InChI is InChI=1S/C25H30N6O3S2/c1-4-5-18-14-26-23(27-15-18)30-12-10-19(11-13-30)17(2)34-25-29-31-16-22(28-24(31)35-25)20-6-8-21(9-7-20)36(3,32)33/h6-9,14-17,19H,4-5,10-13H2,1-3H3/t17-/m0/s1. The maximum atomic E-state index is 11.7. The van der Waals surface area contributed by atoms with Crippen molar-refractivity contribution in [1.29, 1.82) is 0 Å². The van der Waals surface area contributed by atoms with Crippen molar-refractivity contribution < 1.29 is 13.2 Å². The molecule has 11 heteroatoms. The van der Waals surface area contributed by atoms with Crippen LogP contribution in [0.2, 0.25) is 0 Å². The van der Waals surface area contributed by atoms with E-state index >= 15 is 0 Å². The Balaban J connectivity index is 1.18. The largest absolute Gasteiger partial charge is 0.466 e. The lowest BCUT2D eigenvalue weighted by Gasteiger charge is -2.34. The average molecular weight is 527 g/mol. The van der Waals surface area contributed by atoms with Gasteiger partial charge >= 0.3 is 0 Å². The Kier molecular flexibility index (Phi) is 6.94. The number of rotatable bonds is 8. The van der Waals surface area contributed by atoms with Crippen molar-refractivity contribution in [2.24, 2.45) is 5.92 Å². The lowest BCUT2D eigenvalue weighted by molar-refractivity contribution is 0.131. The first-order valence-corrected chi connectivity index (χ1v) is 14.9. The number of sulfone groups is 1. The van der Waals surface area contributed by atoms with Gasteiger partial charge in [-0.25, -0.2) is 27.9 Å². The van der Waals surface area contributed by atoms with E-state index in [4.69, 9.17) is 4.74 Å². The summed E-state index contributed by atoms with van der Waals surface area (Å²) in [5, 5.41) is 5.16. The third-order valence-electron chi connectivity index (χ3n) is 6.61. The molecule has 1 saturated heterocycles. The normalized spacial score (nSPS) is 15.9. The van der Waals surface area contributed by atoms with Gasteiger partial charge < -0.3 is 9.64 Å². The van der Waals surface area contributed by atoms with E-state index in [0.717, 1.165) is 60.9 Å². The van der Waals surface area contributed by atoms with Gasteiger partial charge in [-0.3, -0.25) is 0 Å². The molecule has 5 rings (SSSR count). The molecule has 0 spiro atoms. The summed E-state index contributed by atoms with van der Waals surface area (Å²) in [6.07, 6.45) is 11.1. The van der Waals surface area contributed by atoms with Crippen LogP contribution in [-0.2, 0) is 16.3 Å². The molecular formula is C25H30N6O3S2.